The van der Waals surface area contributed by atoms with Crippen LogP contribution >= 0.6 is 27.7 Å². The van der Waals surface area contributed by atoms with E-state index >= 15 is 0 Å². The highest BCUT2D eigenvalue weighted by molar-refractivity contribution is 9.10. The Bertz CT molecular complexity index is 542. The molecule has 0 bridgehead atoms. The van der Waals surface area contributed by atoms with E-state index in [2.05, 4.69) is 20.9 Å². The van der Waals surface area contributed by atoms with Crippen LogP contribution in [0.3, 0.4) is 0 Å². The molecule has 0 aliphatic heterocycles. The second-order valence-corrected chi connectivity index (χ2v) is 5.21. The molecule has 0 radical (unpaired) electrons. The average molecular weight is 310 g/mol. The van der Waals surface area contributed by atoms with Gasteiger partial charge in [0, 0.05) is 26.7 Å². The summed E-state index contributed by atoms with van der Waals surface area (Å²) >= 11 is 4.97. The summed E-state index contributed by atoms with van der Waals surface area (Å²) in [7, 11) is 0. The molecule has 3 nitrogen and oxygen atoms in total. The minimum absolute atomic E-state index is 0.295. The van der Waals surface area contributed by atoms with Crippen LogP contribution in [0.2, 0.25) is 0 Å². The molecule has 0 spiro atoms. The number of pyridine rings is 1. The normalized spacial score (nSPS) is 10.2. The number of carbonyl (C=O) groups is 1. The molecule has 1 N–H and O–H groups in total. The molecule has 0 saturated heterocycles. The van der Waals surface area contributed by atoms with Crippen LogP contribution in [0, 0.1) is 0 Å². The van der Waals surface area contributed by atoms with Gasteiger partial charge in [-0.05, 0) is 46.3 Å². The first-order valence-electron chi connectivity index (χ1n) is 4.77. The number of hydrogen-bond acceptors (Lipinski definition) is 3. The van der Waals surface area contributed by atoms with E-state index < -0.39 is 5.97 Å². The van der Waals surface area contributed by atoms with Crippen LogP contribution < -0.4 is 0 Å². The maximum absolute atomic E-state index is 10.7. The minimum Gasteiger partial charge on any atom is -0.478 e. The molecule has 0 aliphatic rings. The van der Waals surface area contributed by atoms with E-state index in [0.29, 0.717) is 5.56 Å². The van der Waals surface area contributed by atoms with Crippen molar-refractivity contribution in [1.82, 2.24) is 4.98 Å². The van der Waals surface area contributed by atoms with Crippen LogP contribution in [0.1, 0.15) is 10.4 Å². The fraction of sp³-hybridized carbons (Fsp3) is 0. The van der Waals surface area contributed by atoms with Crippen molar-refractivity contribution in [1.29, 1.82) is 0 Å². The van der Waals surface area contributed by atoms with Gasteiger partial charge in [-0.2, -0.15) is 0 Å². The van der Waals surface area contributed by atoms with Gasteiger partial charge in [0.15, 0.2) is 0 Å². The van der Waals surface area contributed by atoms with Gasteiger partial charge < -0.3 is 5.11 Å². The molecule has 17 heavy (non-hydrogen) atoms. The maximum atomic E-state index is 10.7. The number of benzene rings is 1. The summed E-state index contributed by atoms with van der Waals surface area (Å²) in [5.74, 6) is -0.911. The Morgan fingerprint density at radius 3 is 2.53 bits per heavy atom. The van der Waals surface area contributed by atoms with Crippen molar-refractivity contribution in [3.05, 3.63) is 52.8 Å². The molecule has 0 saturated carbocycles. The Labute approximate surface area is 111 Å². The van der Waals surface area contributed by atoms with Gasteiger partial charge in [0.1, 0.15) is 0 Å². The molecular weight excluding hydrogens is 302 g/mol. The van der Waals surface area contributed by atoms with Gasteiger partial charge in [0.25, 0.3) is 0 Å². The number of aromatic carboxylic acids is 1. The Morgan fingerprint density at radius 1 is 1.24 bits per heavy atom. The van der Waals surface area contributed by atoms with E-state index in [4.69, 9.17) is 5.11 Å². The van der Waals surface area contributed by atoms with Crippen LogP contribution in [-0.4, -0.2) is 16.1 Å². The zero-order valence-electron chi connectivity index (χ0n) is 8.63. The van der Waals surface area contributed by atoms with Gasteiger partial charge in [-0.25, -0.2) is 4.79 Å². The van der Waals surface area contributed by atoms with Crippen molar-refractivity contribution in [3.8, 4) is 0 Å². The quantitative estimate of drug-likeness (QED) is 0.939. The zero-order chi connectivity index (χ0) is 12.3. The van der Waals surface area contributed by atoms with Gasteiger partial charge in [-0.1, -0.05) is 11.8 Å². The molecule has 0 amide bonds. The first-order valence-corrected chi connectivity index (χ1v) is 6.38. The highest BCUT2D eigenvalue weighted by Gasteiger charge is 2.04. The number of hydrogen-bond donors (Lipinski definition) is 1. The first kappa shape index (κ1) is 12.1. The fourth-order valence-electron chi connectivity index (χ4n) is 1.24. The highest BCUT2D eigenvalue weighted by atomic mass is 79.9. The van der Waals surface area contributed by atoms with Gasteiger partial charge >= 0.3 is 5.97 Å². The lowest BCUT2D eigenvalue weighted by Gasteiger charge is -2.03. The number of nitrogens with zero attached hydrogens (tertiary/aromatic N) is 1. The summed E-state index contributed by atoms with van der Waals surface area (Å²) in [4.78, 5) is 16.7. The molecule has 5 heteroatoms. The second-order valence-electron chi connectivity index (χ2n) is 3.24. The standard InChI is InChI=1S/C12H8BrNO2S/c13-10-7-14-6-5-11(10)17-9-3-1-8(2-4-9)12(15)16/h1-7H,(H,15,16). The summed E-state index contributed by atoms with van der Waals surface area (Å²) in [6.07, 6.45) is 3.45. The lowest BCUT2D eigenvalue weighted by molar-refractivity contribution is 0.0697. The Balaban J connectivity index is 2.20. The summed E-state index contributed by atoms with van der Waals surface area (Å²) in [6, 6.07) is 8.68. The van der Waals surface area contributed by atoms with E-state index in [9.17, 15) is 4.79 Å². The van der Waals surface area contributed by atoms with Crippen molar-refractivity contribution in [2.24, 2.45) is 0 Å². The van der Waals surface area contributed by atoms with Crippen LogP contribution in [0.15, 0.2) is 57.0 Å². The van der Waals surface area contributed by atoms with Gasteiger partial charge in [-0.15, -0.1) is 0 Å². The summed E-state index contributed by atoms with van der Waals surface area (Å²) in [5.41, 5.74) is 0.295. The minimum atomic E-state index is -0.911. The fourth-order valence-corrected chi connectivity index (χ4v) is 2.54. The van der Waals surface area contributed by atoms with Crippen LogP contribution in [0.4, 0.5) is 0 Å². The molecule has 0 unspecified atom stereocenters. The third-order valence-electron chi connectivity index (χ3n) is 2.06. The monoisotopic (exact) mass is 309 g/mol. The van der Waals surface area contributed by atoms with Gasteiger partial charge in [-0.3, -0.25) is 4.98 Å². The van der Waals surface area contributed by atoms with Crippen molar-refractivity contribution in [3.63, 3.8) is 0 Å². The van der Waals surface area contributed by atoms with Crippen molar-refractivity contribution in [2.45, 2.75) is 9.79 Å². The predicted molar refractivity (Wildman–Crippen MR) is 69.5 cm³/mol. The van der Waals surface area contributed by atoms with Gasteiger partial charge in [0.05, 0.1) is 5.56 Å². The summed E-state index contributed by atoms with van der Waals surface area (Å²) < 4.78 is 0.923. The summed E-state index contributed by atoms with van der Waals surface area (Å²) in [6.45, 7) is 0. The van der Waals surface area contributed by atoms with E-state index in [1.165, 1.54) is 0 Å². The Hall–Kier alpha value is -1.33. The van der Waals surface area contributed by atoms with Crippen molar-refractivity contribution >= 4 is 33.7 Å². The number of carboxylic acids is 1. The highest BCUT2D eigenvalue weighted by Crippen LogP contribution is 2.32. The van der Waals surface area contributed by atoms with E-state index in [0.717, 1.165) is 14.3 Å². The number of aromatic nitrogens is 1. The maximum Gasteiger partial charge on any atom is 0.335 e. The number of carboxylic acid groups (broad SMARTS) is 1. The topological polar surface area (TPSA) is 50.2 Å². The van der Waals surface area contributed by atoms with E-state index in [1.807, 2.05) is 6.07 Å². The lowest BCUT2D eigenvalue weighted by atomic mass is 10.2. The van der Waals surface area contributed by atoms with Gasteiger partial charge in [0.2, 0.25) is 0 Å². The van der Waals surface area contributed by atoms with Crippen LogP contribution in [0.25, 0.3) is 0 Å². The third kappa shape index (κ3) is 3.08. The smallest absolute Gasteiger partial charge is 0.335 e. The molecule has 1 aromatic heterocycles. The second kappa shape index (κ2) is 5.33. The molecule has 1 aromatic carbocycles. The molecule has 1 heterocycles. The first-order chi connectivity index (χ1) is 8.16. The Kier molecular flexibility index (Phi) is 3.81. The van der Waals surface area contributed by atoms with E-state index in [1.54, 1.807) is 48.4 Å². The molecule has 2 aromatic rings. The average Bonchev–Trinajstić information content (AvgIpc) is 2.33. The zero-order valence-corrected chi connectivity index (χ0v) is 11.0. The van der Waals surface area contributed by atoms with Crippen molar-refractivity contribution in [2.75, 3.05) is 0 Å². The SMILES string of the molecule is O=C(O)c1ccc(Sc2ccncc2Br)cc1. The van der Waals surface area contributed by atoms with Crippen molar-refractivity contribution < 1.29 is 9.90 Å². The molecule has 0 atom stereocenters. The largest absolute Gasteiger partial charge is 0.478 e. The summed E-state index contributed by atoms with van der Waals surface area (Å²) in [5, 5.41) is 8.79. The third-order valence-corrected chi connectivity index (χ3v) is 4.04. The molecular formula is C12H8BrNO2S. The lowest BCUT2D eigenvalue weighted by Crippen LogP contribution is -1.94. The molecule has 86 valence electrons. The van der Waals surface area contributed by atoms with Crippen LogP contribution in [-0.2, 0) is 0 Å². The molecule has 0 fully saturated rings. The number of rotatable bonds is 3. The molecule has 0 aliphatic carbocycles. The predicted octanol–water partition coefficient (Wildman–Crippen LogP) is 3.69. The number of halogens is 1. The Morgan fingerprint density at radius 2 is 1.94 bits per heavy atom. The van der Waals surface area contributed by atoms with E-state index in [-0.39, 0.29) is 0 Å². The van der Waals surface area contributed by atoms with Crippen LogP contribution in [0.5, 0.6) is 0 Å². The molecule has 2 rings (SSSR count).